The zero-order valence-electron chi connectivity index (χ0n) is 11.0. The zero-order chi connectivity index (χ0) is 14.5. The Bertz CT molecular complexity index is 562. The zero-order valence-corrected chi connectivity index (χ0v) is 11.0. The second-order valence-corrected chi connectivity index (χ2v) is 4.78. The Kier molecular flexibility index (Phi) is 4.26. The number of urea groups is 1. The monoisotopic (exact) mass is 272 g/mol. The molecule has 0 unspecified atom stereocenters. The van der Waals surface area contributed by atoms with E-state index in [0.29, 0.717) is 30.6 Å². The molecule has 0 radical (unpaired) electrons. The number of rotatable bonds is 2. The second kappa shape index (κ2) is 6.11. The predicted octanol–water partition coefficient (Wildman–Crippen LogP) is 2.00. The summed E-state index contributed by atoms with van der Waals surface area (Å²) in [5.41, 5.74) is 1.30. The van der Waals surface area contributed by atoms with E-state index in [0.717, 1.165) is 0 Å². The number of carbonyl (C=O) groups excluding carboxylic acids is 1. The van der Waals surface area contributed by atoms with Crippen molar-refractivity contribution >= 4 is 17.7 Å². The summed E-state index contributed by atoms with van der Waals surface area (Å²) in [4.78, 5) is 24.6. The third kappa shape index (κ3) is 3.29. The van der Waals surface area contributed by atoms with Crippen LogP contribution in [0.5, 0.6) is 0 Å². The smallest absolute Gasteiger partial charge is 0.321 e. The standard InChI is InChI=1S/C15H16N2O3/c1-2-11-5-3-7-13(9-11)16-15(20)17-8-4-6-12(10-17)14(18)19/h1,3,5,7,9,12H,4,6,8,10H2,(H,16,20)(H,18,19)/t12-/m0/s1. The van der Waals surface area contributed by atoms with Gasteiger partial charge in [0.1, 0.15) is 0 Å². The highest BCUT2D eigenvalue weighted by molar-refractivity contribution is 5.90. The molecule has 1 atom stereocenters. The van der Waals surface area contributed by atoms with Gasteiger partial charge in [-0.3, -0.25) is 4.79 Å². The Morgan fingerprint density at radius 2 is 2.25 bits per heavy atom. The Balaban J connectivity index is 2.01. The second-order valence-electron chi connectivity index (χ2n) is 4.78. The van der Waals surface area contributed by atoms with Gasteiger partial charge < -0.3 is 15.3 Å². The molecule has 1 saturated heterocycles. The van der Waals surface area contributed by atoms with Gasteiger partial charge in [-0.2, -0.15) is 0 Å². The lowest BCUT2D eigenvalue weighted by atomic mass is 9.99. The quantitative estimate of drug-likeness (QED) is 0.809. The Morgan fingerprint density at radius 3 is 2.95 bits per heavy atom. The van der Waals surface area contributed by atoms with E-state index in [1.54, 1.807) is 24.3 Å². The number of aliphatic carboxylic acids is 1. The number of nitrogens with zero attached hydrogens (tertiary/aromatic N) is 1. The van der Waals surface area contributed by atoms with Crippen molar-refractivity contribution in [1.82, 2.24) is 4.90 Å². The van der Waals surface area contributed by atoms with Crippen molar-refractivity contribution < 1.29 is 14.7 Å². The van der Waals surface area contributed by atoms with Crippen LogP contribution in [0.25, 0.3) is 0 Å². The van der Waals surface area contributed by atoms with Gasteiger partial charge >= 0.3 is 12.0 Å². The minimum Gasteiger partial charge on any atom is -0.481 e. The molecular formula is C15H16N2O3. The summed E-state index contributed by atoms with van der Waals surface area (Å²) in [6, 6.07) is 6.71. The number of amides is 2. The molecule has 5 heteroatoms. The van der Waals surface area contributed by atoms with Crippen molar-refractivity contribution in [1.29, 1.82) is 0 Å². The fraction of sp³-hybridized carbons (Fsp3) is 0.333. The molecule has 0 saturated carbocycles. The number of piperidine rings is 1. The molecule has 1 aliphatic heterocycles. The van der Waals surface area contributed by atoms with Gasteiger partial charge in [-0.1, -0.05) is 12.0 Å². The minimum absolute atomic E-state index is 0.246. The van der Waals surface area contributed by atoms with Crippen LogP contribution < -0.4 is 5.32 Å². The highest BCUT2D eigenvalue weighted by Gasteiger charge is 2.28. The molecule has 0 aromatic heterocycles. The van der Waals surface area contributed by atoms with E-state index in [-0.39, 0.29) is 12.6 Å². The first-order valence-corrected chi connectivity index (χ1v) is 6.45. The first-order valence-electron chi connectivity index (χ1n) is 6.45. The van der Waals surface area contributed by atoms with E-state index in [2.05, 4.69) is 11.2 Å². The summed E-state index contributed by atoms with van der Waals surface area (Å²) in [6.45, 7) is 0.820. The lowest BCUT2D eigenvalue weighted by Gasteiger charge is -2.30. The summed E-state index contributed by atoms with van der Waals surface area (Å²) in [5, 5.41) is 11.8. The van der Waals surface area contributed by atoms with Crippen LogP contribution in [0.1, 0.15) is 18.4 Å². The molecule has 2 rings (SSSR count). The number of carboxylic acid groups (broad SMARTS) is 1. The van der Waals surface area contributed by atoms with Crippen molar-refractivity contribution in [2.75, 3.05) is 18.4 Å². The molecule has 20 heavy (non-hydrogen) atoms. The number of carbonyl (C=O) groups is 2. The molecule has 1 heterocycles. The van der Waals surface area contributed by atoms with E-state index in [1.165, 1.54) is 4.90 Å². The molecule has 0 aliphatic carbocycles. The van der Waals surface area contributed by atoms with E-state index in [9.17, 15) is 9.59 Å². The molecule has 2 amide bonds. The third-order valence-corrected chi connectivity index (χ3v) is 3.34. The van der Waals surface area contributed by atoms with Crippen LogP contribution in [0.3, 0.4) is 0 Å². The first-order chi connectivity index (χ1) is 9.60. The molecule has 2 N–H and O–H groups in total. The van der Waals surface area contributed by atoms with Crippen LogP contribution in [-0.4, -0.2) is 35.1 Å². The van der Waals surface area contributed by atoms with Gasteiger partial charge in [0.05, 0.1) is 5.92 Å². The van der Waals surface area contributed by atoms with Crippen molar-refractivity contribution in [2.24, 2.45) is 5.92 Å². The maximum atomic E-state index is 12.1. The number of hydrogen-bond acceptors (Lipinski definition) is 2. The summed E-state index contributed by atoms with van der Waals surface area (Å²) in [7, 11) is 0. The van der Waals surface area contributed by atoms with Crippen LogP contribution in [0, 0.1) is 18.3 Å². The average Bonchev–Trinajstić information content (AvgIpc) is 2.47. The van der Waals surface area contributed by atoms with Gasteiger partial charge in [0.25, 0.3) is 0 Å². The SMILES string of the molecule is C#Cc1cccc(NC(=O)N2CCC[C@H](C(=O)O)C2)c1. The molecule has 0 spiro atoms. The fourth-order valence-corrected chi connectivity index (χ4v) is 2.25. The Morgan fingerprint density at radius 1 is 1.45 bits per heavy atom. The molecule has 1 fully saturated rings. The predicted molar refractivity (Wildman–Crippen MR) is 75.3 cm³/mol. The van der Waals surface area contributed by atoms with E-state index in [1.807, 2.05) is 0 Å². The number of nitrogens with one attached hydrogen (secondary N) is 1. The van der Waals surface area contributed by atoms with Gasteiger partial charge in [0.15, 0.2) is 0 Å². The third-order valence-electron chi connectivity index (χ3n) is 3.34. The Hall–Kier alpha value is -2.48. The summed E-state index contributed by atoms with van der Waals surface area (Å²) in [6.07, 6.45) is 6.63. The number of benzene rings is 1. The maximum Gasteiger partial charge on any atom is 0.321 e. The summed E-state index contributed by atoms with van der Waals surface area (Å²) in [5.74, 6) is 1.17. The lowest BCUT2D eigenvalue weighted by molar-refractivity contribution is -0.143. The van der Waals surface area contributed by atoms with Crippen LogP contribution >= 0.6 is 0 Å². The highest BCUT2D eigenvalue weighted by atomic mass is 16.4. The molecule has 1 aliphatic rings. The summed E-state index contributed by atoms with van der Waals surface area (Å²) < 4.78 is 0. The van der Waals surface area contributed by atoms with Gasteiger partial charge in [-0.25, -0.2) is 4.79 Å². The normalized spacial score (nSPS) is 18.1. The van der Waals surface area contributed by atoms with Gasteiger partial charge in [0.2, 0.25) is 0 Å². The molecule has 0 bridgehead atoms. The molecule has 1 aromatic carbocycles. The number of hydrogen-bond donors (Lipinski definition) is 2. The van der Waals surface area contributed by atoms with Crippen LogP contribution in [0.4, 0.5) is 10.5 Å². The van der Waals surface area contributed by atoms with Gasteiger partial charge in [-0.15, -0.1) is 6.42 Å². The molecule has 5 nitrogen and oxygen atoms in total. The largest absolute Gasteiger partial charge is 0.481 e. The average molecular weight is 272 g/mol. The van der Waals surface area contributed by atoms with Crippen LogP contribution in [0.15, 0.2) is 24.3 Å². The van der Waals surface area contributed by atoms with Crippen LogP contribution in [0.2, 0.25) is 0 Å². The topological polar surface area (TPSA) is 69.6 Å². The van der Waals surface area contributed by atoms with Crippen molar-refractivity contribution in [3.8, 4) is 12.3 Å². The minimum atomic E-state index is -0.850. The Labute approximate surface area is 117 Å². The highest BCUT2D eigenvalue weighted by Crippen LogP contribution is 2.18. The van der Waals surface area contributed by atoms with Crippen molar-refractivity contribution in [2.45, 2.75) is 12.8 Å². The first kappa shape index (κ1) is 13.9. The van der Waals surface area contributed by atoms with Crippen LogP contribution in [-0.2, 0) is 4.79 Å². The number of terminal acetylenes is 1. The molecule has 104 valence electrons. The van der Waals surface area contributed by atoms with Gasteiger partial charge in [0, 0.05) is 24.3 Å². The number of likely N-dealkylation sites (tertiary alicyclic amines) is 1. The van der Waals surface area contributed by atoms with E-state index >= 15 is 0 Å². The van der Waals surface area contributed by atoms with Crippen molar-refractivity contribution in [3.63, 3.8) is 0 Å². The number of anilines is 1. The van der Waals surface area contributed by atoms with E-state index < -0.39 is 11.9 Å². The molecular weight excluding hydrogens is 256 g/mol. The lowest BCUT2D eigenvalue weighted by Crippen LogP contribution is -2.44. The van der Waals surface area contributed by atoms with Gasteiger partial charge in [-0.05, 0) is 31.0 Å². The van der Waals surface area contributed by atoms with Crippen molar-refractivity contribution in [3.05, 3.63) is 29.8 Å². The molecule has 1 aromatic rings. The van der Waals surface area contributed by atoms with E-state index in [4.69, 9.17) is 11.5 Å². The summed E-state index contributed by atoms with van der Waals surface area (Å²) >= 11 is 0. The number of carboxylic acids is 1. The fourth-order valence-electron chi connectivity index (χ4n) is 2.25. The maximum absolute atomic E-state index is 12.1.